The maximum absolute atomic E-state index is 12.2. The van der Waals surface area contributed by atoms with Crippen LogP contribution in [0.4, 0.5) is 11.4 Å². The smallest absolute Gasteiger partial charge is 0.273 e. The van der Waals surface area contributed by atoms with Crippen LogP contribution in [-0.4, -0.2) is 24.0 Å². The molecule has 0 spiro atoms. The summed E-state index contributed by atoms with van der Waals surface area (Å²) in [5.41, 5.74) is 0.211. The van der Waals surface area contributed by atoms with E-state index in [2.05, 4.69) is 21.2 Å². The molecule has 24 heavy (non-hydrogen) atoms. The number of nitro benzene ring substituents is 1. The second kappa shape index (κ2) is 7.78. The first-order valence-corrected chi connectivity index (χ1v) is 7.75. The number of halogens is 1. The molecule has 2 aromatic rings. The second-order valence-corrected chi connectivity index (χ2v) is 5.76. The van der Waals surface area contributed by atoms with Crippen LogP contribution in [0.25, 0.3) is 0 Å². The number of carbonyl (C=O) groups excluding carboxylic acids is 1. The summed E-state index contributed by atoms with van der Waals surface area (Å²) in [6, 6.07) is 11.0. The van der Waals surface area contributed by atoms with Crippen LogP contribution in [0.1, 0.15) is 6.92 Å². The van der Waals surface area contributed by atoms with Crippen molar-refractivity contribution < 1.29 is 19.2 Å². The van der Waals surface area contributed by atoms with Gasteiger partial charge in [0.1, 0.15) is 11.5 Å². The number of nitrogens with zero attached hydrogens (tertiary/aromatic N) is 1. The van der Waals surface area contributed by atoms with Crippen molar-refractivity contribution in [3.8, 4) is 11.5 Å². The number of methoxy groups -OCH3 is 1. The predicted molar refractivity (Wildman–Crippen MR) is 92.5 cm³/mol. The third kappa shape index (κ3) is 4.45. The number of hydrogen-bond donors (Lipinski definition) is 1. The third-order valence-corrected chi connectivity index (χ3v) is 3.68. The fraction of sp³-hybridized carbons (Fsp3) is 0.188. The van der Waals surface area contributed by atoms with Crippen LogP contribution in [0, 0.1) is 10.1 Å². The molecule has 2 aromatic carbocycles. The van der Waals surface area contributed by atoms with Gasteiger partial charge in [0.15, 0.2) is 6.10 Å². The van der Waals surface area contributed by atoms with Crippen molar-refractivity contribution in [1.82, 2.24) is 0 Å². The van der Waals surface area contributed by atoms with Crippen molar-refractivity contribution in [3.05, 3.63) is 57.1 Å². The largest absolute Gasteiger partial charge is 0.494 e. The predicted octanol–water partition coefficient (Wildman–Crippen LogP) is 3.77. The summed E-state index contributed by atoms with van der Waals surface area (Å²) < 4.78 is 11.5. The Balaban J connectivity index is 2.08. The molecular formula is C16H15BrN2O5. The zero-order chi connectivity index (χ0) is 17.7. The number of nitrogens with one attached hydrogen (secondary N) is 1. The molecule has 126 valence electrons. The van der Waals surface area contributed by atoms with Crippen LogP contribution in [-0.2, 0) is 4.79 Å². The van der Waals surface area contributed by atoms with Gasteiger partial charge in [-0.05, 0) is 37.3 Å². The zero-order valence-corrected chi connectivity index (χ0v) is 14.6. The number of rotatable bonds is 6. The Morgan fingerprint density at radius 2 is 1.92 bits per heavy atom. The van der Waals surface area contributed by atoms with Gasteiger partial charge < -0.3 is 14.8 Å². The molecule has 0 fully saturated rings. The van der Waals surface area contributed by atoms with Crippen LogP contribution in [0.2, 0.25) is 0 Å². The van der Waals surface area contributed by atoms with Crippen LogP contribution in [0.5, 0.6) is 11.5 Å². The molecule has 0 bridgehead atoms. The minimum absolute atomic E-state index is 0.121. The number of carbonyl (C=O) groups is 1. The number of non-ortho nitro benzene ring substituents is 1. The van der Waals surface area contributed by atoms with E-state index in [1.54, 1.807) is 31.2 Å². The lowest BCUT2D eigenvalue weighted by atomic mass is 10.2. The highest BCUT2D eigenvalue weighted by molar-refractivity contribution is 9.10. The number of nitro groups is 1. The molecule has 0 aliphatic rings. The van der Waals surface area contributed by atoms with Gasteiger partial charge in [0, 0.05) is 10.5 Å². The van der Waals surface area contributed by atoms with Crippen molar-refractivity contribution >= 4 is 33.2 Å². The van der Waals surface area contributed by atoms with Crippen molar-refractivity contribution in [1.29, 1.82) is 0 Å². The van der Waals surface area contributed by atoms with Gasteiger partial charge in [-0.1, -0.05) is 15.9 Å². The lowest BCUT2D eigenvalue weighted by Crippen LogP contribution is -2.30. The number of benzene rings is 2. The summed E-state index contributed by atoms with van der Waals surface area (Å²) in [5.74, 6) is 0.356. The monoisotopic (exact) mass is 394 g/mol. The minimum atomic E-state index is -0.758. The number of anilines is 1. The van der Waals surface area contributed by atoms with Crippen LogP contribution in [0.15, 0.2) is 46.9 Å². The van der Waals surface area contributed by atoms with E-state index < -0.39 is 16.9 Å². The van der Waals surface area contributed by atoms with E-state index in [9.17, 15) is 14.9 Å². The summed E-state index contributed by atoms with van der Waals surface area (Å²) in [5, 5.41) is 13.4. The van der Waals surface area contributed by atoms with Crippen molar-refractivity contribution in [3.63, 3.8) is 0 Å². The molecule has 0 aromatic heterocycles. The molecule has 7 nitrogen and oxygen atoms in total. The van der Waals surface area contributed by atoms with Gasteiger partial charge in [0.2, 0.25) is 0 Å². The molecule has 8 heteroatoms. The van der Waals surface area contributed by atoms with Gasteiger partial charge >= 0.3 is 0 Å². The third-order valence-electron chi connectivity index (χ3n) is 3.15. The molecule has 0 aliphatic carbocycles. The summed E-state index contributed by atoms with van der Waals surface area (Å²) in [4.78, 5) is 22.5. The summed E-state index contributed by atoms with van der Waals surface area (Å²) in [7, 11) is 1.37. The SMILES string of the molecule is COc1cc([N+](=O)[O-])ccc1NC(=O)[C@H](C)Oc1ccc(Br)cc1. The topological polar surface area (TPSA) is 90.7 Å². The first kappa shape index (κ1) is 17.7. The van der Waals surface area contributed by atoms with Gasteiger partial charge in [-0.15, -0.1) is 0 Å². The van der Waals surface area contributed by atoms with E-state index in [1.165, 1.54) is 25.3 Å². The highest BCUT2D eigenvalue weighted by atomic mass is 79.9. The van der Waals surface area contributed by atoms with E-state index >= 15 is 0 Å². The molecule has 2 rings (SSSR count). The molecule has 0 aliphatic heterocycles. The highest BCUT2D eigenvalue weighted by Crippen LogP contribution is 2.29. The van der Waals surface area contributed by atoms with Crippen molar-refractivity contribution in [2.45, 2.75) is 13.0 Å². The highest BCUT2D eigenvalue weighted by Gasteiger charge is 2.18. The van der Waals surface area contributed by atoms with E-state index in [-0.39, 0.29) is 11.4 Å². The molecule has 0 saturated carbocycles. The molecule has 1 amide bonds. The zero-order valence-electron chi connectivity index (χ0n) is 13.0. The fourth-order valence-electron chi connectivity index (χ4n) is 1.90. The first-order chi connectivity index (χ1) is 11.4. The first-order valence-electron chi connectivity index (χ1n) is 6.96. The molecule has 0 heterocycles. The molecular weight excluding hydrogens is 380 g/mol. The van der Waals surface area contributed by atoms with Crippen molar-refractivity contribution in [2.24, 2.45) is 0 Å². The molecule has 1 atom stereocenters. The Bertz CT molecular complexity index is 749. The van der Waals surface area contributed by atoms with Crippen molar-refractivity contribution in [2.75, 3.05) is 12.4 Å². The number of hydrogen-bond acceptors (Lipinski definition) is 5. The molecule has 1 N–H and O–H groups in total. The Hall–Kier alpha value is -2.61. The Morgan fingerprint density at radius 3 is 2.50 bits per heavy atom. The number of ether oxygens (including phenoxy) is 2. The van der Waals surface area contributed by atoms with Gasteiger partial charge in [-0.3, -0.25) is 14.9 Å². The van der Waals surface area contributed by atoms with Crippen LogP contribution >= 0.6 is 15.9 Å². The van der Waals surface area contributed by atoms with E-state index in [0.717, 1.165) is 4.47 Å². The normalized spacial score (nSPS) is 11.5. The quantitative estimate of drug-likeness (QED) is 0.594. The maximum Gasteiger partial charge on any atom is 0.273 e. The summed E-state index contributed by atoms with van der Waals surface area (Å²) in [6.45, 7) is 1.61. The number of amides is 1. The molecule has 0 radical (unpaired) electrons. The van der Waals surface area contributed by atoms with E-state index in [0.29, 0.717) is 11.4 Å². The van der Waals surface area contributed by atoms with Gasteiger partial charge in [-0.25, -0.2) is 0 Å². The average molecular weight is 395 g/mol. The molecule has 0 unspecified atom stereocenters. The summed E-state index contributed by atoms with van der Waals surface area (Å²) in [6.07, 6.45) is -0.758. The maximum atomic E-state index is 12.2. The van der Waals surface area contributed by atoms with E-state index in [4.69, 9.17) is 9.47 Å². The van der Waals surface area contributed by atoms with Crippen LogP contribution in [0.3, 0.4) is 0 Å². The van der Waals surface area contributed by atoms with E-state index in [1.807, 2.05) is 0 Å². The second-order valence-electron chi connectivity index (χ2n) is 4.84. The average Bonchev–Trinajstić information content (AvgIpc) is 2.56. The minimum Gasteiger partial charge on any atom is -0.494 e. The van der Waals surface area contributed by atoms with Gasteiger partial charge in [0.05, 0.1) is 23.8 Å². The summed E-state index contributed by atoms with van der Waals surface area (Å²) >= 11 is 3.32. The fourth-order valence-corrected chi connectivity index (χ4v) is 2.17. The van der Waals surface area contributed by atoms with Crippen LogP contribution < -0.4 is 14.8 Å². The molecule has 0 saturated heterocycles. The Kier molecular flexibility index (Phi) is 5.75. The lowest BCUT2D eigenvalue weighted by Gasteiger charge is -2.16. The van der Waals surface area contributed by atoms with Gasteiger partial charge in [-0.2, -0.15) is 0 Å². The lowest BCUT2D eigenvalue weighted by molar-refractivity contribution is -0.384. The standard InChI is InChI=1S/C16H15BrN2O5/c1-10(24-13-6-3-11(17)4-7-13)16(20)18-14-8-5-12(19(21)22)9-15(14)23-2/h3-10H,1-2H3,(H,18,20)/t10-/m0/s1. The Labute approximate surface area is 146 Å². The van der Waals surface area contributed by atoms with Gasteiger partial charge in [0.25, 0.3) is 11.6 Å². The Morgan fingerprint density at radius 1 is 1.25 bits per heavy atom.